The van der Waals surface area contributed by atoms with Crippen LogP contribution in [0.5, 0.6) is 34.5 Å². The molecule has 2 aliphatic heterocycles. The molecule has 0 aliphatic carbocycles. The molecule has 43 heavy (non-hydrogen) atoms. The van der Waals surface area contributed by atoms with Crippen molar-refractivity contribution in [1.82, 2.24) is 0 Å². The van der Waals surface area contributed by atoms with Gasteiger partial charge >= 0.3 is 5.97 Å². The molecular weight excluding hydrogens is 568 g/mol. The normalized spacial score (nSPS) is 25.1. The summed E-state index contributed by atoms with van der Waals surface area (Å²) in [6, 6.07) is 12.3. The summed E-state index contributed by atoms with van der Waals surface area (Å²) in [5, 5.41) is 70.6. The van der Waals surface area contributed by atoms with Crippen molar-refractivity contribution in [3.8, 4) is 34.5 Å². The van der Waals surface area contributed by atoms with E-state index in [1.807, 2.05) is 0 Å². The number of benzene rings is 3. The molecule has 0 radical (unpaired) electrons. The average molecular weight is 597 g/mol. The van der Waals surface area contributed by atoms with E-state index in [4.69, 9.17) is 18.9 Å². The lowest BCUT2D eigenvalue weighted by molar-refractivity contribution is -0.278. The van der Waals surface area contributed by atoms with Gasteiger partial charge in [-0.1, -0.05) is 18.2 Å². The number of hydrogen-bond acceptors (Lipinski definition) is 13. The fraction of sp³-hybridized carbons (Fsp3) is 0.267. The molecule has 7 N–H and O–H groups in total. The van der Waals surface area contributed by atoms with Crippen molar-refractivity contribution in [3.05, 3.63) is 77.4 Å². The maximum absolute atomic E-state index is 12.8. The Hall–Kier alpha value is -4.82. The lowest BCUT2D eigenvalue weighted by Crippen LogP contribution is -2.60. The van der Waals surface area contributed by atoms with Crippen LogP contribution in [0.2, 0.25) is 0 Å². The quantitative estimate of drug-likeness (QED) is 0.118. The van der Waals surface area contributed by atoms with Gasteiger partial charge in [-0.2, -0.15) is 0 Å². The van der Waals surface area contributed by atoms with Crippen LogP contribution in [0.25, 0.3) is 6.08 Å². The monoisotopic (exact) mass is 596 g/mol. The van der Waals surface area contributed by atoms with Crippen LogP contribution in [0.1, 0.15) is 34.0 Å². The summed E-state index contributed by atoms with van der Waals surface area (Å²) in [6.07, 6.45) is -6.55. The number of esters is 1. The number of aliphatic hydroxyl groups is 3. The van der Waals surface area contributed by atoms with E-state index in [2.05, 4.69) is 0 Å². The van der Waals surface area contributed by atoms with E-state index in [9.17, 15) is 45.3 Å². The number of ether oxygens (including phenoxy) is 4. The molecule has 5 rings (SSSR count). The number of ketones is 1. The molecule has 13 nitrogen and oxygen atoms in total. The predicted molar refractivity (Wildman–Crippen MR) is 146 cm³/mol. The van der Waals surface area contributed by atoms with E-state index in [0.29, 0.717) is 11.1 Å². The minimum absolute atomic E-state index is 0.0618. The SMILES string of the molecule is O=C(C=Cc1ccc(O)cc1)OCC1OC(Oc2cc(O)c3c(c2)OC(c2ccc(O)c(O)c2)CC3=O)C(O)C(O)C1O. The third kappa shape index (κ3) is 6.49. The van der Waals surface area contributed by atoms with Crippen LogP contribution in [0.4, 0.5) is 0 Å². The highest BCUT2D eigenvalue weighted by Gasteiger charge is 2.45. The molecule has 1 saturated heterocycles. The summed E-state index contributed by atoms with van der Waals surface area (Å²) in [6.45, 7) is -0.516. The second kappa shape index (κ2) is 12.2. The molecular formula is C30H28O13. The smallest absolute Gasteiger partial charge is 0.330 e. The fourth-order valence-electron chi connectivity index (χ4n) is 4.66. The van der Waals surface area contributed by atoms with Gasteiger partial charge in [0.25, 0.3) is 0 Å². The van der Waals surface area contributed by atoms with E-state index >= 15 is 0 Å². The zero-order valence-electron chi connectivity index (χ0n) is 22.3. The Bertz CT molecular complexity index is 1530. The summed E-state index contributed by atoms with van der Waals surface area (Å²) in [4.78, 5) is 25.0. The second-order valence-electron chi connectivity index (χ2n) is 9.98. The number of phenols is 4. The topological polar surface area (TPSA) is 213 Å². The van der Waals surface area contributed by atoms with Crippen molar-refractivity contribution in [2.75, 3.05) is 6.61 Å². The molecule has 3 aromatic rings. The minimum Gasteiger partial charge on any atom is -0.508 e. The molecule has 0 amide bonds. The highest BCUT2D eigenvalue weighted by atomic mass is 16.7. The van der Waals surface area contributed by atoms with Crippen LogP contribution in [0, 0.1) is 0 Å². The van der Waals surface area contributed by atoms with Gasteiger partial charge in [0, 0.05) is 18.2 Å². The van der Waals surface area contributed by atoms with Crippen molar-refractivity contribution >= 4 is 17.8 Å². The molecule has 0 saturated carbocycles. The zero-order chi connectivity index (χ0) is 30.8. The fourth-order valence-corrected chi connectivity index (χ4v) is 4.66. The van der Waals surface area contributed by atoms with Gasteiger partial charge in [0.15, 0.2) is 17.3 Å². The van der Waals surface area contributed by atoms with E-state index in [1.54, 1.807) is 12.1 Å². The van der Waals surface area contributed by atoms with Crippen molar-refractivity contribution < 1.29 is 64.3 Å². The van der Waals surface area contributed by atoms with Crippen LogP contribution >= 0.6 is 0 Å². The summed E-state index contributed by atoms with van der Waals surface area (Å²) in [7, 11) is 0. The number of fused-ring (bicyclic) bond motifs is 1. The molecule has 0 aromatic heterocycles. The summed E-state index contributed by atoms with van der Waals surface area (Å²) in [5.41, 5.74) is 0.887. The third-order valence-corrected chi connectivity index (χ3v) is 6.96. The van der Waals surface area contributed by atoms with E-state index in [0.717, 1.165) is 12.1 Å². The first-order valence-electron chi connectivity index (χ1n) is 13.1. The number of aliphatic hydroxyl groups excluding tert-OH is 3. The average Bonchev–Trinajstić information content (AvgIpc) is 2.97. The minimum atomic E-state index is -1.76. The van der Waals surface area contributed by atoms with Gasteiger partial charge in [-0.05, 0) is 41.5 Å². The van der Waals surface area contributed by atoms with Crippen LogP contribution < -0.4 is 9.47 Å². The molecule has 3 aromatic carbocycles. The number of phenolic OH excluding ortho intramolecular Hbond substituents is 4. The van der Waals surface area contributed by atoms with Gasteiger partial charge in [0.2, 0.25) is 6.29 Å². The number of Topliss-reactive ketones (excluding diaryl/α,β-unsaturated/α-hetero) is 1. The second-order valence-corrected chi connectivity index (χ2v) is 9.98. The maximum Gasteiger partial charge on any atom is 0.330 e. The van der Waals surface area contributed by atoms with E-state index in [1.165, 1.54) is 42.5 Å². The van der Waals surface area contributed by atoms with Crippen LogP contribution in [-0.2, 0) is 14.3 Å². The first-order chi connectivity index (χ1) is 20.5. The zero-order valence-corrected chi connectivity index (χ0v) is 22.3. The Kier molecular flexibility index (Phi) is 8.41. The molecule has 2 heterocycles. The van der Waals surface area contributed by atoms with Gasteiger partial charge in [-0.15, -0.1) is 0 Å². The van der Waals surface area contributed by atoms with E-state index in [-0.39, 0.29) is 35.0 Å². The summed E-state index contributed by atoms with van der Waals surface area (Å²) >= 11 is 0. The molecule has 2 aliphatic rings. The summed E-state index contributed by atoms with van der Waals surface area (Å²) in [5.74, 6) is -2.63. The molecule has 6 atom stereocenters. The molecule has 226 valence electrons. The van der Waals surface area contributed by atoms with Crippen molar-refractivity contribution in [3.63, 3.8) is 0 Å². The van der Waals surface area contributed by atoms with Gasteiger partial charge in [0.1, 0.15) is 65.7 Å². The Morgan fingerprint density at radius 2 is 1.63 bits per heavy atom. The standard InChI is InChI=1S/C30H28O13/c31-16-5-1-14(2-6-16)3-8-25(36)40-13-24-27(37)28(38)29(39)30(43-24)41-17-10-20(34)26-21(35)12-22(42-23(26)11-17)15-4-7-18(32)19(33)9-15/h1-11,22,24,27-34,37-39H,12-13H2. The molecule has 6 unspecified atom stereocenters. The number of carbonyl (C=O) groups is 2. The van der Waals surface area contributed by atoms with Gasteiger partial charge < -0.3 is 54.7 Å². The van der Waals surface area contributed by atoms with Crippen LogP contribution in [0.3, 0.4) is 0 Å². The summed E-state index contributed by atoms with van der Waals surface area (Å²) < 4.78 is 22.2. The first kappa shape index (κ1) is 29.7. The Morgan fingerprint density at radius 3 is 2.35 bits per heavy atom. The lowest BCUT2D eigenvalue weighted by Gasteiger charge is -2.40. The molecule has 1 fully saturated rings. The number of rotatable bonds is 7. The van der Waals surface area contributed by atoms with Gasteiger partial charge in [-0.25, -0.2) is 4.79 Å². The highest BCUT2D eigenvalue weighted by Crippen LogP contribution is 2.43. The van der Waals surface area contributed by atoms with Gasteiger partial charge in [-0.3, -0.25) is 4.79 Å². The van der Waals surface area contributed by atoms with Crippen molar-refractivity contribution in [1.29, 1.82) is 0 Å². The number of hydrogen-bond donors (Lipinski definition) is 7. The molecule has 0 spiro atoms. The first-order valence-corrected chi connectivity index (χ1v) is 13.1. The maximum atomic E-state index is 12.8. The number of aromatic hydroxyl groups is 4. The van der Waals surface area contributed by atoms with Crippen LogP contribution in [-0.4, -0.2) is 84.8 Å². The largest absolute Gasteiger partial charge is 0.508 e. The predicted octanol–water partition coefficient (Wildman–Crippen LogP) is 1.66. The Balaban J connectivity index is 1.27. The lowest BCUT2D eigenvalue weighted by atomic mass is 9.95. The molecule has 0 bridgehead atoms. The van der Waals surface area contributed by atoms with E-state index < -0.39 is 66.7 Å². The van der Waals surface area contributed by atoms with Crippen molar-refractivity contribution in [2.45, 2.75) is 43.2 Å². The highest BCUT2D eigenvalue weighted by molar-refractivity contribution is 6.02. The van der Waals surface area contributed by atoms with Crippen molar-refractivity contribution in [2.24, 2.45) is 0 Å². The molecule has 13 heteroatoms. The number of carbonyl (C=O) groups excluding carboxylic acids is 2. The van der Waals surface area contributed by atoms with Gasteiger partial charge in [0.05, 0.1) is 6.42 Å². The Labute approximate surface area is 244 Å². The Morgan fingerprint density at radius 1 is 0.884 bits per heavy atom. The third-order valence-electron chi connectivity index (χ3n) is 6.96. The van der Waals surface area contributed by atoms with Crippen LogP contribution in [0.15, 0.2) is 60.7 Å².